The van der Waals surface area contributed by atoms with Crippen molar-refractivity contribution in [2.75, 3.05) is 31.5 Å². The van der Waals surface area contributed by atoms with Gasteiger partial charge in [-0.2, -0.15) is 0 Å². The van der Waals surface area contributed by atoms with E-state index in [1.807, 2.05) is 79.4 Å². The largest absolute Gasteiger partial charge is 0.339 e. The zero-order valence-electron chi connectivity index (χ0n) is 20.5. The van der Waals surface area contributed by atoms with E-state index in [1.54, 1.807) is 0 Å². The van der Waals surface area contributed by atoms with Crippen LogP contribution in [0.2, 0.25) is 0 Å². The molecule has 180 valence electrons. The molecular weight excluding hydrogens is 434 g/mol. The average Bonchev–Trinajstić information content (AvgIpc) is 2.91. The quantitative estimate of drug-likeness (QED) is 0.475. The van der Waals surface area contributed by atoms with Gasteiger partial charge in [0.1, 0.15) is 0 Å². The second kappa shape index (κ2) is 11.6. The highest BCUT2D eigenvalue weighted by atomic mass is 16.2. The molecule has 3 aromatic rings. The molecular formula is C30H33N3O2. The molecule has 1 saturated heterocycles. The molecule has 0 spiro atoms. The number of hydrogen-bond acceptors (Lipinski definition) is 3. The van der Waals surface area contributed by atoms with E-state index in [-0.39, 0.29) is 11.8 Å². The van der Waals surface area contributed by atoms with E-state index in [4.69, 9.17) is 0 Å². The van der Waals surface area contributed by atoms with Crippen molar-refractivity contribution in [3.63, 3.8) is 0 Å². The number of carbonyl (C=O) groups excluding carboxylic acids is 2. The van der Waals surface area contributed by atoms with Crippen LogP contribution in [0, 0.1) is 0 Å². The second-order valence-corrected chi connectivity index (χ2v) is 8.68. The van der Waals surface area contributed by atoms with Gasteiger partial charge in [-0.05, 0) is 92.9 Å². The van der Waals surface area contributed by atoms with Crippen LogP contribution in [0.25, 0.3) is 5.57 Å². The molecule has 0 unspecified atom stereocenters. The monoisotopic (exact) mass is 467 g/mol. The molecule has 0 aromatic heterocycles. The Bertz CT molecular complexity index is 1190. The highest BCUT2D eigenvalue weighted by molar-refractivity contribution is 6.04. The summed E-state index contributed by atoms with van der Waals surface area (Å²) in [4.78, 5) is 27.3. The summed E-state index contributed by atoms with van der Waals surface area (Å²) in [5, 5.41) is 6.47. The summed E-state index contributed by atoms with van der Waals surface area (Å²) in [6, 6.07) is 25.2. The molecule has 4 rings (SSSR count). The molecule has 3 aromatic carbocycles. The van der Waals surface area contributed by atoms with Crippen LogP contribution in [-0.4, -0.2) is 42.9 Å². The van der Waals surface area contributed by atoms with Crippen LogP contribution in [0.3, 0.4) is 0 Å². The number of benzene rings is 3. The third-order valence-electron chi connectivity index (χ3n) is 6.48. The zero-order chi connectivity index (χ0) is 24.6. The molecule has 1 heterocycles. The standard InChI is InChI=1S/C30H33N3O2/c1-3-33(4-2)30(35)25-15-13-22(14-16-25)28(23-17-19-31-20-18-23)26-11-8-12-27(21-26)32-29(34)24-9-6-5-7-10-24/h5-16,21,31H,3-4,17-20H2,1-2H3,(H,32,34). The molecule has 35 heavy (non-hydrogen) atoms. The number of nitrogens with zero attached hydrogens (tertiary/aromatic N) is 1. The summed E-state index contributed by atoms with van der Waals surface area (Å²) in [5.74, 6) is -0.0682. The fourth-order valence-corrected chi connectivity index (χ4v) is 4.57. The number of hydrogen-bond donors (Lipinski definition) is 2. The summed E-state index contributed by atoms with van der Waals surface area (Å²) in [6.45, 7) is 7.28. The SMILES string of the molecule is CCN(CC)C(=O)c1ccc(C(=C2CCNCC2)c2cccc(NC(=O)c3ccccc3)c2)cc1. The fraction of sp³-hybridized carbons (Fsp3) is 0.267. The maximum atomic E-state index is 12.8. The molecule has 5 heteroatoms. The van der Waals surface area contributed by atoms with Gasteiger partial charge in [-0.25, -0.2) is 0 Å². The molecule has 1 aliphatic rings. The zero-order valence-corrected chi connectivity index (χ0v) is 20.5. The van der Waals surface area contributed by atoms with E-state index in [1.165, 1.54) is 11.1 Å². The molecule has 0 saturated carbocycles. The first-order chi connectivity index (χ1) is 17.1. The summed E-state index contributed by atoms with van der Waals surface area (Å²) < 4.78 is 0. The van der Waals surface area contributed by atoms with Gasteiger partial charge in [-0.3, -0.25) is 9.59 Å². The summed E-state index contributed by atoms with van der Waals surface area (Å²) in [7, 11) is 0. The van der Waals surface area contributed by atoms with Crippen LogP contribution >= 0.6 is 0 Å². The Morgan fingerprint density at radius 1 is 0.771 bits per heavy atom. The Morgan fingerprint density at radius 2 is 1.40 bits per heavy atom. The van der Waals surface area contributed by atoms with Crippen molar-refractivity contribution in [3.8, 4) is 0 Å². The van der Waals surface area contributed by atoms with E-state index >= 15 is 0 Å². The smallest absolute Gasteiger partial charge is 0.255 e. The number of rotatable bonds is 7. The first kappa shape index (κ1) is 24.4. The van der Waals surface area contributed by atoms with Crippen molar-refractivity contribution in [1.82, 2.24) is 10.2 Å². The molecule has 2 amide bonds. The van der Waals surface area contributed by atoms with Crippen LogP contribution in [0.4, 0.5) is 5.69 Å². The summed E-state index contributed by atoms with van der Waals surface area (Å²) >= 11 is 0. The lowest BCUT2D eigenvalue weighted by Crippen LogP contribution is -2.30. The minimum Gasteiger partial charge on any atom is -0.339 e. The molecule has 5 nitrogen and oxygen atoms in total. The second-order valence-electron chi connectivity index (χ2n) is 8.68. The van der Waals surface area contributed by atoms with Gasteiger partial charge in [0.05, 0.1) is 0 Å². The maximum Gasteiger partial charge on any atom is 0.255 e. The third-order valence-corrected chi connectivity index (χ3v) is 6.48. The van der Waals surface area contributed by atoms with Crippen molar-refractivity contribution in [1.29, 1.82) is 0 Å². The van der Waals surface area contributed by atoms with Gasteiger partial charge in [-0.15, -0.1) is 0 Å². The molecule has 1 fully saturated rings. The average molecular weight is 468 g/mol. The van der Waals surface area contributed by atoms with Crippen LogP contribution < -0.4 is 10.6 Å². The Kier molecular flexibility index (Phi) is 8.11. The molecule has 0 atom stereocenters. The lowest BCUT2D eigenvalue weighted by atomic mass is 9.88. The van der Waals surface area contributed by atoms with Crippen molar-refractivity contribution in [3.05, 3.63) is 107 Å². The van der Waals surface area contributed by atoms with Crippen LogP contribution in [0.1, 0.15) is 58.5 Å². The van der Waals surface area contributed by atoms with Crippen molar-refractivity contribution >= 4 is 23.1 Å². The molecule has 0 radical (unpaired) electrons. The number of carbonyl (C=O) groups is 2. The summed E-state index contributed by atoms with van der Waals surface area (Å²) in [6.07, 6.45) is 1.94. The highest BCUT2D eigenvalue weighted by Gasteiger charge is 2.17. The van der Waals surface area contributed by atoms with E-state index in [9.17, 15) is 9.59 Å². The number of anilines is 1. The number of nitrogens with one attached hydrogen (secondary N) is 2. The van der Waals surface area contributed by atoms with Crippen molar-refractivity contribution in [2.45, 2.75) is 26.7 Å². The van der Waals surface area contributed by atoms with Crippen LogP contribution in [0.5, 0.6) is 0 Å². The predicted molar refractivity (Wildman–Crippen MR) is 143 cm³/mol. The van der Waals surface area contributed by atoms with Crippen molar-refractivity contribution in [2.24, 2.45) is 0 Å². The van der Waals surface area contributed by atoms with Gasteiger partial charge >= 0.3 is 0 Å². The number of piperidine rings is 1. The van der Waals surface area contributed by atoms with Gasteiger partial charge in [0.15, 0.2) is 0 Å². The van der Waals surface area contributed by atoms with E-state index in [2.05, 4.69) is 28.8 Å². The van der Waals surface area contributed by atoms with Gasteiger partial charge in [0.2, 0.25) is 0 Å². The molecule has 1 aliphatic heterocycles. The van der Waals surface area contributed by atoms with Crippen molar-refractivity contribution < 1.29 is 9.59 Å². The highest BCUT2D eigenvalue weighted by Crippen LogP contribution is 2.32. The van der Waals surface area contributed by atoms with Crippen LogP contribution in [0.15, 0.2) is 84.4 Å². The Morgan fingerprint density at radius 3 is 2.06 bits per heavy atom. The van der Waals surface area contributed by atoms with E-state index in [0.717, 1.165) is 42.7 Å². The molecule has 2 N–H and O–H groups in total. The Labute approximate surface area is 207 Å². The maximum absolute atomic E-state index is 12.8. The van der Waals surface area contributed by atoms with Crippen LogP contribution in [-0.2, 0) is 0 Å². The molecule has 0 aliphatic carbocycles. The normalized spacial score (nSPS) is 13.3. The third kappa shape index (κ3) is 5.87. The predicted octanol–water partition coefficient (Wildman–Crippen LogP) is 5.61. The van der Waals surface area contributed by atoms with Gasteiger partial charge < -0.3 is 15.5 Å². The van der Waals surface area contributed by atoms with Gasteiger partial charge in [0.25, 0.3) is 11.8 Å². The molecule has 0 bridgehead atoms. The Hall–Kier alpha value is -3.70. The minimum atomic E-state index is -0.127. The van der Waals surface area contributed by atoms with Gasteiger partial charge in [0, 0.05) is 29.9 Å². The summed E-state index contributed by atoms with van der Waals surface area (Å²) in [5.41, 5.74) is 6.82. The topological polar surface area (TPSA) is 61.4 Å². The van der Waals surface area contributed by atoms with E-state index in [0.29, 0.717) is 24.2 Å². The lowest BCUT2D eigenvalue weighted by Gasteiger charge is -2.22. The minimum absolute atomic E-state index is 0.0586. The Balaban J connectivity index is 1.66. The lowest BCUT2D eigenvalue weighted by molar-refractivity contribution is 0.0772. The first-order valence-corrected chi connectivity index (χ1v) is 12.4. The number of amides is 2. The fourth-order valence-electron chi connectivity index (χ4n) is 4.57. The van der Waals surface area contributed by atoms with Gasteiger partial charge in [-0.1, -0.05) is 48.0 Å². The first-order valence-electron chi connectivity index (χ1n) is 12.4. The van der Waals surface area contributed by atoms with E-state index < -0.39 is 0 Å².